The van der Waals surface area contributed by atoms with E-state index in [1.165, 1.54) is 6.07 Å². The van der Waals surface area contributed by atoms with Crippen LogP contribution in [0.2, 0.25) is 0 Å². The number of hydrogen-bond acceptors (Lipinski definition) is 7. The summed E-state index contributed by atoms with van der Waals surface area (Å²) < 4.78 is 43.2. The van der Waals surface area contributed by atoms with Crippen LogP contribution in [0.25, 0.3) is 10.8 Å². The summed E-state index contributed by atoms with van der Waals surface area (Å²) in [5.74, 6) is -3.34. The molecule has 0 radical (unpaired) electrons. The molecule has 224 valence electrons. The Hall–Kier alpha value is -4.85. The van der Waals surface area contributed by atoms with Crippen LogP contribution in [0.15, 0.2) is 54.6 Å². The molecule has 0 fully saturated rings. The number of alkyl halides is 3. The Morgan fingerprint density at radius 3 is 2.38 bits per heavy atom. The molecule has 0 unspecified atom stereocenters. The summed E-state index contributed by atoms with van der Waals surface area (Å²) in [5.41, 5.74) is 1.44. The van der Waals surface area contributed by atoms with Crippen LogP contribution in [-0.2, 0) is 20.9 Å². The molecule has 3 aromatic carbocycles. The first kappa shape index (κ1) is 31.7. The molecule has 4 rings (SSSR count). The van der Waals surface area contributed by atoms with Crippen molar-refractivity contribution in [3.8, 4) is 11.5 Å². The largest absolute Gasteiger partial charge is 0.496 e. The van der Waals surface area contributed by atoms with Crippen molar-refractivity contribution in [1.82, 2.24) is 10.6 Å². The number of hydrogen-bond donors (Lipinski definition) is 4. The Balaban J connectivity index is 0.000000616. The summed E-state index contributed by atoms with van der Waals surface area (Å²) in [5, 5.41) is 23.6. The number of nitrogens with zero attached hydrogens (tertiary/aromatic N) is 1. The smallest absolute Gasteiger partial charge is 0.490 e. The van der Waals surface area contributed by atoms with Crippen LogP contribution in [-0.4, -0.2) is 73.0 Å². The number of anilines is 1. The van der Waals surface area contributed by atoms with Gasteiger partial charge < -0.3 is 35.2 Å². The molecule has 1 heterocycles. The first-order chi connectivity index (χ1) is 19.8. The molecule has 4 N–H and O–H groups in total. The van der Waals surface area contributed by atoms with Crippen molar-refractivity contribution in [1.29, 1.82) is 0 Å². The minimum absolute atomic E-state index is 0.0107. The van der Waals surface area contributed by atoms with Crippen molar-refractivity contribution in [3.05, 3.63) is 65.7 Å². The van der Waals surface area contributed by atoms with Gasteiger partial charge in [-0.25, -0.2) is 9.59 Å². The number of carboxylic acid groups (broad SMARTS) is 2. The molecule has 0 saturated carbocycles. The summed E-state index contributed by atoms with van der Waals surface area (Å²) in [7, 11) is 3.21. The van der Waals surface area contributed by atoms with Crippen LogP contribution < -0.4 is 25.0 Å². The number of aromatic carboxylic acids is 1. The number of halogens is 3. The Morgan fingerprint density at radius 1 is 1.12 bits per heavy atom. The van der Waals surface area contributed by atoms with Gasteiger partial charge in [-0.2, -0.15) is 13.2 Å². The van der Waals surface area contributed by atoms with Crippen LogP contribution in [0.3, 0.4) is 0 Å². The molecule has 0 saturated heterocycles. The van der Waals surface area contributed by atoms with E-state index in [2.05, 4.69) is 10.6 Å². The lowest BCUT2D eigenvalue weighted by Crippen LogP contribution is -2.53. The number of carbonyl (C=O) groups excluding carboxylic acids is 2. The minimum Gasteiger partial charge on any atom is -0.496 e. The highest BCUT2D eigenvalue weighted by atomic mass is 19.4. The number of rotatable bonds is 7. The van der Waals surface area contributed by atoms with Gasteiger partial charge in [0.25, 0.3) is 5.91 Å². The molecule has 14 heteroatoms. The maximum atomic E-state index is 13.7. The molecular formula is C28H28F3N3O8. The van der Waals surface area contributed by atoms with E-state index >= 15 is 0 Å². The number of nitrogens with one attached hydrogen (secondary N) is 2. The average Bonchev–Trinajstić information content (AvgIpc) is 3.08. The predicted octanol–water partition coefficient (Wildman–Crippen LogP) is 3.20. The summed E-state index contributed by atoms with van der Waals surface area (Å²) in [4.78, 5) is 48.2. The van der Waals surface area contributed by atoms with Gasteiger partial charge in [-0.15, -0.1) is 0 Å². The number of benzene rings is 3. The number of para-hydroxylation sites is 2. The SMILES string of the molecule is CN[C@@H](C)C(=O)N[C@H]1COc2ccccc2N(Cc2c(OC)ccc3cc(C(=O)O)ccc23)C1=O.O=C(O)C(F)(F)F. The standard InChI is InChI=1S/C26H27N3O6.C2HF3O2/c1-15(27-2)24(30)28-20-14-35-23-7-5-4-6-21(23)29(25(20)31)13-19-18-10-8-17(26(32)33)12-16(18)9-11-22(19)34-3;3-2(4,5)1(6)7/h4-12,15,20,27H,13-14H2,1-3H3,(H,28,30)(H,32,33);(H,6,7)/t15-,20-;/m0./s1. The fourth-order valence-corrected chi connectivity index (χ4v) is 4.07. The summed E-state index contributed by atoms with van der Waals surface area (Å²) >= 11 is 0. The zero-order valence-electron chi connectivity index (χ0n) is 22.7. The third-order valence-corrected chi connectivity index (χ3v) is 6.38. The maximum absolute atomic E-state index is 13.7. The Kier molecular flexibility index (Phi) is 9.96. The van der Waals surface area contributed by atoms with E-state index < -0.39 is 30.2 Å². The zero-order valence-corrected chi connectivity index (χ0v) is 22.7. The van der Waals surface area contributed by atoms with Crippen molar-refractivity contribution >= 4 is 40.2 Å². The molecule has 1 aliphatic heterocycles. The van der Waals surface area contributed by atoms with Crippen molar-refractivity contribution in [2.45, 2.75) is 31.7 Å². The summed E-state index contributed by atoms with van der Waals surface area (Å²) in [6, 6.07) is 14.2. The zero-order chi connectivity index (χ0) is 31.2. The number of amides is 2. The van der Waals surface area contributed by atoms with Gasteiger partial charge >= 0.3 is 18.1 Å². The number of methoxy groups -OCH3 is 1. The molecule has 0 aliphatic carbocycles. The Morgan fingerprint density at radius 2 is 1.79 bits per heavy atom. The number of likely N-dealkylation sites (N-methyl/N-ethyl adjacent to an activating group) is 1. The second-order valence-electron chi connectivity index (χ2n) is 9.07. The second-order valence-corrected chi connectivity index (χ2v) is 9.07. The van der Waals surface area contributed by atoms with E-state index in [4.69, 9.17) is 19.4 Å². The van der Waals surface area contributed by atoms with Gasteiger partial charge in [0.1, 0.15) is 24.1 Å². The first-order valence-electron chi connectivity index (χ1n) is 12.4. The second kappa shape index (κ2) is 13.2. The average molecular weight is 592 g/mol. The molecule has 0 spiro atoms. The van der Waals surface area contributed by atoms with Crippen molar-refractivity contribution < 1.29 is 52.0 Å². The van der Waals surface area contributed by atoms with E-state index in [-0.39, 0.29) is 30.5 Å². The Labute approximate surface area is 237 Å². The van der Waals surface area contributed by atoms with E-state index in [0.717, 1.165) is 5.39 Å². The normalized spacial score (nSPS) is 15.3. The van der Waals surface area contributed by atoms with Gasteiger partial charge in [0.05, 0.1) is 30.9 Å². The van der Waals surface area contributed by atoms with Crippen LogP contribution in [0.4, 0.5) is 18.9 Å². The van der Waals surface area contributed by atoms with Gasteiger partial charge in [-0.1, -0.05) is 24.3 Å². The van der Waals surface area contributed by atoms with Crippen molar-refractivity contribution in [3.63, 3.8) is 0 Å². The van der Waals surface area contributed by atoms with Gasteiger partial charge in [-0.05, 0) is 55.1 Å². The van der Waals surface area contributed by atoms with Crippen molar-refractivity contribution in [2.24, 2.45) is 0 Å². The molecule has 42 heavy (non-hydrogen) atoms. The topological polar surface area (TPSA) is 154 Å². The van der Waals surface area contributed by atoms with Gasteiger partial charge in [0.15, 0.2) is 0 Å². The lowest BCUT2D eigenvalue weighted by molar-refractivity contribution is -0.192. The third-order valence-electron chi connectivity index (χ3n) is 6.38. The lowest BCUT2D eigenvalue weighted by atomic mass is 10.00. The van der Waals surface area contributed by atoms with E-state index in [9.17, 15) is 32.7 Å². The van der Waals surface area contributed by atoms with Gasteiger partial charge in [0, 0.05) is 5.56 Å². The van der Waals surface area contributed by atoms with Gasteiger partial charge in [-0.3, -0.25) is 9.59 Å². The van der Waals surface area contributed by atoms with E-state index in [0.29, 0.717) is 28.1 Å². The van der Waals surface area contributed by atoms with E-state index in [1.54, 1.807) is 62.4 Å². The monoisotopic (exact) mass is 591 g/mol. The van der Waals surface area contributed by atoms with Crippen molar-refractivity contribution in [2.75, 3.05) is 25.7 Å². The van der Waals surface area contributed by atoms with E-state index in [1.807, 2.05) is 12.1 Å². The van der Waals surface area contributed by atoms with Crippen LogP contribution in [0.5, 0.6) is 11.5 Å². The Bertz CT molecular complexity index is 1490. The number of carbonyl (C=O) groups is 4. The molecule has 11 nitrogen and oxygen atoms in total. The molecule has 3 aromatic rings. The quantitative estimate of drug-likeness (QED) is 0.324. The van der Waals surface area contributed by atoms with Crippen LogP contribution in [0, 0.1) is 0 Å². The maximum Gasteiger partial charge on any atom is 0.490 e. The van der Waals surface area contributed by atoms with Crippen LogP contribution >= 0.6 is 0 Å². The summed E-state index contributed by atoms with van der Waals surface area (Å²) in [6.07, 6.45) is -5.08. The molecular weight excluding hydrogens is 563 g/mol. The summed E-state index contributed by atoms with van der Waals surface area (Å²) in [6.45, 7) is 1.82. The molecule has 0 aromatic heterocycles. The third kappa shape index (κ3) is 7.26. The highest BCUT2D eigenvalue weighted by molar-refractivity contribution is 6.02. The lowest BCUT2D eigenvalue weighted by Gasteiger charge is -2.27. The fourth-order valence-electron chi connectivity index (χ4n) is 4.07. The van der Waals surface area contributed by atoms with Gasteiger partial charge in [0.2, 0.25) is 5.91 Å². The highest BCUT2D eigenvalue weighted by Crippen LogP contribution is 2.36. The molecule has 0 bridgehead atoms. The molecule has 2 amide bonds. The molecule has 1 aliphatic rings. The predicted molar refractivity (Wildman–Crippen MR) is 145 cm³/mol. The highest BCUT2D eigenvalue weighted by Gasteiger charge is 2.38. The van der Waals surface area contributed by atoms with Crippen LogP contribution in [0.1, 0.15) is 22.8 Å². The first-order valence-corrected chi connectivity index (χ1v) is 12.4. The number of aliphatic carboxylic acids is 1. The number of fused-ring (bicyclic) bond motifs is 2. The molecule has 2 atom stereocenters. The minimum atomic E-state index is -5.08. The number of carboxylic acids is 2. The number of ether oxygens (including phenoxy) is 2. The fraction of sp³-hybridized carbons (Fsp3) is 0.286.